The van der Waals surface area contributed by atoms with Gasteiger partial charge in [0.15, 0.2) is 0 Å². The predicted octanol–water partition coefficient (Wildman–Crippen LogP) is 3.58. The quantitative estimate of drug-likeness (QED) is 0.599. The first-order valence-electron chi connectivity index (χ1n) is 5.07. The fourth-order valence-electron chi connectivity index (χ4n) is 3.06. The highest BCUT2D eigenvalue weighted by Gasteiger charge is 2.55. The van der Waals surface area contributed by atoms with Crippen molar-refractivity contribution in [3.63, 3.8) is 0 Å². The topological polar surface area (TPSA) is 0 Å². The van der Waals surface area contributed by atoms with Crippen LogP contribution >= 0.6 is 31.9 Å². The zero-order valence-corrected chi connectivity index (χ0v) is 10.2. The van der Waals surface area contributed by atoms with Crippen LogP contribution in [0.25, 0.3) is 0 Å². The summed E-state index contributed by atoms with van der Waals surface area (Å²) in [5.41, 5.74) is 0. The molecule has 68 valence electrons. The average molecular weight is 294 g/mol. The van der Waals surface area contributed by atoms with Crippen molar-refractivity contribution in [3.8, 4) is 0 Å². The molecular weight excluding hydrogens is 280 g/mol. The molecule has 0 spiro atoms. The molecule has 0 saturated heterocycles. The maximum absolute atomic E-state index is 3.78. The Kier molecular flexibility index (Phi) is 1.88. The molecule has 0 bridgehead atoms. The van der Waals surface area contributed by atoms with Gasteiger partial charge < -0.3 is 0 Å². The highest BCUT2D eigenvalue weighted by molar-refractivity contribution is 9.10. The molecule has 0 aromatic carbocycles. The minimum atomic E-state index is 0.892. The average Bonchev–Trinajstić information content (AvgIpc) is 2.76. The molecule has 3 aliphatic carbocycles. The smallest absolute Gasteiger partial charge is 0.0208 e. The van der Waals surface area contributed by atoms with Gasteiger partial charge in [-0.2, -0.15) is 0 Å². The van der Waals surface area contributed by atoms with E-state index in [2.05, 4.69) is 31.9 Å². The first-order chi connectivity index (χ1) is 5.79. The molecule has 0 nitrogen and oxygen atoms in total. The third-order valence-corrected chi connectivity index (χ3v) is 6.84. The minimum absolute atomic E-state index is 0.892. The van der Waals surface area contributed by atoms with Crippen molar-refractivity contribution in [1.82, 2.24) is 0 Å². The third-order valence-electron chi connectivity index (χ3n) is 4.12. The van der Waals surface area contributed by atoms with Crippen LogP contribution < -0.4 is 0 Å². The van der Waals surface area contributed by atoms with Gasteiger partial charge in [0.1, 0.15) is 0 Å². The van der Waals surface area contributed by atoms with E-state index in [9.17, 15) is 0 Å². The number of fused-ring (bicyclic) bond motifs is 2. The summed E-state index contributed by atoms with van der Waals surface area (Å²) < 4.78 is 0. The number of halogens is 2. The summed E-state index contributed by atoms with van der Waals surface area (Å²) in [6.07, 6.45) is 5.96. The van der Waals surface area contributed by atoms with Crippen molar-refractivity contribution in [1.29, 1.82) is 0 Å². The van der Waals surface area contributed by atoms with Crippen molar-refractivity contribution >= 4 is 31.9 Å². The SMILES string of the molecule is BrC1[C@H]2CC[C@@H]3C(Br)[C@@H]3CC[C@@H]12. The Balaban J connectivity index is 1.66. The molecule has 3 rings (SSSR count). The normalized spacial score (nSPS) is 62.5. The summed E-state index contributed by atoms with van der Waals surface area (Å²) >= 11 is 7.57. The molecule has 0 amide bonds. The summed E-state index contributed by atoms with van der Waals surface area (Å²) in [6, 6.07) is 0. The molecule has 0 aliphatic heterocycles. The second kappa shape index (κ2) is 2.73. The van der Waals surface area contributed by atoms with Crippen LogP contribution in [0.4, 0.5) is 0 Å². The van der Waals surface area contributed by atoms with Gasteiger partial charge in [0.05, 0.1) is 0 Å². The highest BCUT2D eigenvalue weighted by atomic mass is 79.9. The van der Waals surface area contributed by atoms with Crippen LogP contribution in [0.2, 0.25) is 0 Å². The largest absolute Gasteiger partial charge is 0.0884 e. The van der Waals surface area contributed by atoms with Crippen molar-refractivity contribution in [2.24, 2.45) is 23.7 Å². The van der Waals surface area contributed by atoms with Crippen LogP contribution in [0, 0.1) is 23.7 Å². The van der Waals surface area contributed by atoms with E-state index in [1.54, 1.807) is 0 Å². The zero-order chi connectivity index (χ0) is 8.29. The predicted molar refractivity (Wildman–Crippen MR) is 57.9 cm³/mol. The number of rotatable bonds is 0. The standard InChI is InChI=1S/C10H14Br2/c11-9-5-1-2-6-8(10(6)12)4-3-7(5)9/h5-10H,1-4H2/t5-,6-,7+,8+,9?,10?. The van der Waals surface area contributed by atoms with Gasteiger partial charge in [-0.25, -0.2) is 0 Å². The lowest BCUT2D eigenvalue weighted by molar-refractivity contribution is 0.468. The molecule has 0 N–H and O–H groups in total. The molecule has 3 saturated carbocycles. The minimum Gasteiger partial charge on any atom is -0.0884 e. The zero-order valence-electron chi connectivity index (χ0n) is 7.05. The van der Waals surface area contributed by atoms with Crippen LogP contribution in [0.3, 0.4) is 0 Å². The second-order valence-corrected chi connectivity index (χ2v) is 6.81. The Labute approximate surface area is 90.7 Å². The molecule has 12 heavy (non-hydrogen) atoms. The van der Waals surface area contributed by atoms with Gasteiger partial charge in [-0.1, -0.05) is 31.9 Å². The van der Waals surface area contributed by atoms with E-state index >= 15 is 0 Å². The van der Waals surface area contributed by atoms with E-state index in [-0.39, 0.29) is 0 Å². The molecule has 0 aromatic rings. The molecule has 0 aromatic heterocycles. The van der Waals surface area contributed by atoms with Gasteiger partial charge in [0.2, 0.25) is 0 Å². The van der Waals surface area contributed by atoms with Gasteiger partial charge in [-0.15, -0.1) is 0 Å². The van der Waals surface area contributed by atoms with E-state index in [0.29, 0.717) is 0 Å². The van der Waals surface area contributed by atoms with Gasteiger partial charge in [0.25, 0.3) is 0 Å². The van der Waals surface area contributed by atoms with Crippen LogP contribution in [-0.2, 0) is 0 Å². The van der Waals surface area contributed by atoms with E-state index in [4.69, 9.17) is 0 Å². The fraction of sp³-hybridized carbons (Fsp3) is 1.00. The molecule has 6 atom stereocenters. The molecule has 2 heteroatoms. The summed E-state index contributed by atoms with van der Waals surface area (Å²) in [7, 11) is 0. The van der Waals surface area contributed by atoms with E-state index < -0.39 is 0 Å². The summed E-state index contributed by atoms with van der Waals surface area (Å²) in [4.78, 5) is 1.78. The maximum Gasteiger partial charge on any atom is 0.0208 e. The fourth-order valence-corrected chi connectivity index (χ4v) is 5.33. The molecule has 3 aliphatic rings. The molecule has 3 fully saturated rings. The summed E-state index contributed by atoms with van der Waals surface area (Å²) in [5.74, 6) is 4.19. The summed E-state index contributed by atoms with van der Waals surface area (Å²) in [6.45, 7) is 0. The van der Waals surface area contributed by atoms with E-state index in [0.717, 1.165) is 33.3 Å². The van der Waals surface area contributed by atoms with E-state index in [1.165, 1.54) is 25.7 Å². The monoisotopic (exact) mass is 292 g/mol. The van der Waals surface area contributed by atoms with Crippen molar-refractivity contribution in [2.45, 2.75) is 35.3 Å². The van der Waals surface area contributed by atoms with Gasteiger partial charge in [-0.05, 0) is 49.4 Å². The van der Waals surface area contributed by atoms with Crippen LogP contribution in [-0.4, -0.2) is 9.65 Å². The lowest BCUT2D eigenvalue weighted by atomic mass is 10.0. The van der Waals surface area contributed by atoms with E-state index in [1.807, 2.05) is 0 Å². The van der Waals surface area contributed by atoms with Gasteiger partial charge in [0, 0.05) is 9.65 Å². The Morgan fingerprint density at radius 2 is 0.833 bits per heavy atom. The maximum atomic E-state index is 3.78. The lowest BCUT2D eigenvalue weighted by Crippen LogP contribution is -1.93. The Morgan fingerprint density at radius 3 is 1.08 bits per heavy atom. The first kappa shape index (κ1) is 8.28. The second-order valence-electron chi connectivity index (χ2n) is 4.70. The number of hydrogen-bond donors (Lipinski definition) is 0. The number of hydrogen-bond acceptors (Lipinski definition) is 0. The lowest BCUT2D eigenvalue weighted by Gasteiger charge is -2.04. The van der Waals surface area contributed by atoms with Gasteiger partial charge >= 0.3 is 0 Å². The molecule has 0 heterocycles. The highest BCUT2D eigenvalue weighted by Crippen LogP contribution is 2.60. The number of alkyl halides is 2. The van der Waals surface area contributed by atoms with Crippen LogP contribution in [0.5, 0.6) is 0 Å². The Bertz CT molecular complexity index is 162. The summed E-state index contributed by atoms with van der Waals surface area (Å²) in [5, 5.41) is 0. The van der Waals surface area contributed by atoms with Gasteiger partial charge in [-0.3, -0.25) is 0 Å². The Hall–Kier alpha value is 0.960. The van der Waals surface area contributed by atoms with Crippen molar-refractivity contribution < 1.29 is 0 Å². The van der Waals surface area contributed by atoms with Crippen LogP contribution in [0.15, 0.2) is 0 Å². The van der Waals surface area contributed by atoms with Crippen LogP contribution in [0.1, 0.15) is 25.7 Å². The molecular formula is C10H14Br2. The molecule has 0 radical (unpaired) electrons. The molecule has 2 unspecified atom stereocenters. The first-order valence-corrected chi connectivity index (χ1v) is 6.90. The van der Waals surface area contributed by atoms with Crippen molar-refractivity contribution in [3.05, 3.63) is 0 Å². The third kappa shape index (κ3) is 1.13. The van der Waals surface area contributed by atoms with Crippen molar-refractivity contribution in [2.75, 3.05) is 0 Å². The Morgan fingerprint density at radius 1 is 0.583 bits per heavy atom.